The lowest BCUT2D eigenvalue weighted by atomic mass is 10.2. The number of halogens is 1. The Bertz CT molecular complexity index is 160. The molecule has 0 saturated carbocycles. The summed E-state index contributed by atoms with van der Waals surface area (Å²) in [6.07, 6.45) is 4.02. The van der Waals surface area contributed by atoms with E-state index < -0.39 is 0 Å². The van der Waals surface area contributed by atoms with E-state index in [0.717, 1.165) is 31.2 Å². The molecule has 1 N–H and O–H groups in total. The van der Waals surface area contributed by atoms with Crippen LogP contribution < -0.4 is 5.32 Å². The standard InChI is InChI=1S/C9H16BrNO2/c10-5-2-1-3-9(12)11-7-8-4-6-13-8/h8H,1-7H2,(H,11,12). The molecule has 0 bridgehead atoms. The first-order valence-electron chi connectivity index (χ1n) is 4.77. The van der Waals surface area contributed by atoms with E-state index in [-0.39, 0.29) is 12.0 Å². The van der Waals surface area contributed by atoms with Gasteiger partial charge in [0.25, 0.3) is 0 Å². The minimum absolute atomic E-state index is 0.149. The average Bonchev–Trinajstić information content (AvgIpc) is 2.02. The van der Waals surface area contributed by atoms with Crippen molar-refractivity contribution >= 4 is 21.8 Å². The average molecular weight is 250 g/mol. The molecule has 1 aliphatic heterocycles. The highest BCUT2D eigenvalue weighted by atomic mass is 79.9. The molecule has 0 aromatic carbocycles. The third-order valence-corrected chi connectivity index (χ3v) is 2.67. The number of nitrogens with one attached hydrogen (secondary N) is 1. The van der Waals surface area contributed by atoms with E-state index in [4.69, 9.17) is 4.74 Å². The summed E-state index contributed by atoms with van der Waals surface area (Å²) < 4.78 is 5.18. The Labute approximate surface area is 87.3 Å². The van der Waals surface area contributed by atoms with Crippen LogP contribution in [0.4, 0.5) is 0 Å². The van der Waals surface area contributed by atoms with Crippen molar-refractivity contribution in [2.24, 2.45) is 0 Å². The molecule has 4 heteroatoms. The molecule has 1 amide bonds. The highest BCUT2D eigenvalue weighted by molar-refractivity contribution is 9.09. The van der Waals surface area contributed by atoms with Gasteiger partial charge in [-0.2, -0.15) is 0 Å². The minimum atomic E-state index is 0.149. The van der Waals surface area contributed by atoms with Crippen molar-refractivity contribution in [2.45, 2.75) is 31.8 Å². The molecule has 1 aliphatic rings. The topological polar surface area (TPSA) is 38.3 Å². The fourth-order valence-electron chi connectivity index (χ4n) is 1.14. The smallest absolute Gasteiger partial charge is 0.220 e. The predicted molar refractivity (Wildman–Crippen MR) is 55.0 cm³/mol. The highest BCUT2D eigenvalue weighted by Crippen LogP contribution is 2.09. The van der Waals surface area contributed by atoms with Gasteiger partial charge in [-0.1, -0.05) is 15.9 Å². The summed E-state index contributed by atoms with van der Waals surface area (Å²) >= 11 is 3.33. The minimum Gasteiger partial charge on any atom is -0.376 e. The molecule has 1 heterocycles. The number of hydrogen-bond donors (Lipinski definition) is 1. The number of hydrogen-bond acceptors (Lipinski definition) is 2. The van der Waals surface area contributed by atoms with Crippen molar-refractivity contribution in [1.82, 2.24) is 5.32 Å². The van der Waals surface area contributed by atoms with E-state index in [1.165, 1.54) is 0 Å². The second-order valence-corrected chi connectivity index (χ2v) is 4.02. The second-order valence-electron chi connectivity index (χ2n) is 3.23. The molecule has 0 aromatic heterocycles. The van der Waals surface area contributed by atoms with Gasteiger partial charge in [-0.15, -0.1) is 0 Å². The van der Waals surface area contributed by atoms with Gasteiger partial charge < -0.3 is 10.1 Å². The summed E-state index contributed by atoms with van der Waals surface area (Å²) in [4.78, 5) is 11.2. The van der Waals surface area contributed by atoms with Gasteiger partial charge in [-0.05, 0) is 19.3 Å². The van der Waals surface area contributed by atoms with Gasteiger partial charge in [-0.25, -0.2) is 0 Å². The predicted octanol–water partition coefficient (Wildman–Crippen LogP) is 1.46. The molecule has 0 spiro atoms. The summed E-state index contributed by atoms with van der Waals surface area (Å²) in [7, 11) is 0. The van der Waals surface area contributed by atoms with Crippen LogP contribution in [0.15, 0.2) is 0 Å². The summed E-state index contributed by atoms with van der Waals surface area (Å²) in [6.45, 7) is 1.54. The van der Waals surface area contributed by atoms with Gasteiger partial charge in [-0.3, -0.25) is 4.79 Å². The van der Waals surface area contributed by atoms with Crippen LogP contribution in [0.2, 0.25) is 0 Å². The number of rotatable bonds is 6. The number of alkyl halides is 1. The van der Waals surface area contributed by atoms with Crippen LogP contribution in [0.25, 0.3) is 0 Å². The van der Waals surface area contributed by atoms with Crippen molar-refractivity contribution in [3.63, 3.8) is 0 Å². The fourth-order valence-corrected chi connectivity index (χ4v) is 1.54. The lowest BCUT2D eigenvalue weighted by Gasteiger charge is -2.26. The quantitative estimate of drug-likeness (QED) is 0.572. The first-order valence-corrected chi connectivity index (χ1v) is 5.89. The second kappa shape index (κ2) is 6.38. The summed E-state index contributed by atoms with van der Waals surface area (Å²) in [5, 5.41) is 3.84. The largest absolute Gasteiger partial charge is 0.376 e. The van der Waals surface area contributed by atoms with Crippen LogP contribution in [0, 0.1) is 0 Å². The number of ether oxygens (including phenoxy) is 1. The Balaban J connectivity index is 1.90. The number of carbonyl (C=O) groups is 1. The van der Waals surface area contributed by atoms with E-state index in [9.17, 15) is 4.79 Å². The molecular weight excluding hydrogens is 234 g/mol. The molecule has 0 aromatic rings. The van der Waals surface area contributed by atoms with Gasteiger partial charge in [0.05, 0.1) is 6.10 Å². The number of amides is 1. The first-order chi connectivity index (χ1) is 6.33. The SMILES string of the molecule is O=C(CCCCBr)NCC1CCO1. The zero-order valence-electron chi connectivity index (χ0n) is 7.72. The maximum absolute atomic E-state index is 11.2. The molecule has 0 aliphatic carbocycles. The van der Waals surface area contributed by atoms with Gasteiger partial charge in [0.2, 0.25) is 5.91 Å². The molecule has 0 radical (unpaired) electrons. The van der Waals surface area contributed by atoms with E-state index in [2.05, 4.69) is 21.2 Å². The van der Waals surface area contributed by atoms with E-state index >= 15 is 0 Å². The molecule has 3 nitrogen and oxygen atoms in total. The molecule has 76 valence electrons. The van der Waals surface area contributed by atoms with Gasteiger partial charge in [0.15, 0.2) is 0 Å². The van der Waals surface area contributed by atoms with Crippen molar-refractivity contribution in [3.8, 4) is 0 Å². The van der Waals surface area contributed by atoms with Crippen LogP contribution in [0.3, 0.4) is 0 Å². The molecule has 13 heavy (non-hydrogen) atoms. The monoisotopic (exact) mass is 249 g/mol. The Hall–Kier alpha value is -0.0900. The molecule has 1 rings (SSSR count). The van der Waals surface area contributed by atoms with Gasteiger partial charge >= 0.3 is 0 Å². The molecular formula is C9H16BrNO2. The first kappa shape index (κ1) is 11.0. The van der Waals surface area contributed by atoms with Crippen LogP contribution in [-0.4, -0.2) is 30.5 Å². The Morgan fingerprint density at radius 3 is 2.85 bits per heavy atom. The van der Waals surface area contributed by atoms with Crippen molar-refractivity contribution in [3.05, 3.63) is 0 Å². The summed E-state index contributed by atoms with van der Waals surface area (Å²) in [5.41, 5.74) is 0. The van der Waals surface area contributed by atoms with Crippen molar-refractivity contribution in [2.75, 3.05) is 18.5 Å². The van der Waals surface area contributed by atoms with E-state index in [1.54, 1.807) is 0 Å². The maximum Gasteiger partial charge on any atom is 0.220 e. The Morgan fingerprint density at radius 2 is 2.31 bits per heavy atom. The summed E-state index contributed by atoms with van der Waals surface area (Å²) in [6, 6.07) is 0. The zero-order chi connectivity index (χ0) is 9.52. The van der Waals surface area contributed by atoms with E-state index in [0.29, 0.717) is 13.0 Å². The lowest BCUT2D eigenvalue weighted by molar-refractivity contribution is -0.123. The van der Waals surface area contributed by atoms with Crippen LogP contribution >= 0.6 is 15.9 Å². The summed E-state index contributed by atoms with van der Waals surface area (Å²) in [5.74, 6) is 0.149. The Kier molecular flexibility index (Phi) is 5.39. The molecule has 1 atom stereocenters. The third kappa shape index (κ3) is 4.62. The lowest BCUT2D eigenvalue weighted by Crippen LogP contribution is -2.39. The number of carbonyl (C=O) groups excluding carboxylic acids is 1. The molecule has 1 fully saturated rings. The zero-order valence-corrected chi connectivity index (χ0v) is 9.31. The third-order valence-electron chi connectivity index (χ3n) is 2.11. The van der Waals surface area contributed by atoms with Crippen LogP contribution in [0.5, 0.6) is 0 Å². The maximum atomic E-state index is 11.2. The highest BCUT2D eigenvalue weighted by Gasteiger charge is 2.18. The van der Waals surface area contributed by atoms with Crippen molar-refractivity contribution in [1.29, 1.82) is 0 Å². The molecule has 1 unspecified atom stereocenters. The Morgan fingerprint density at radius 1 is 1.54 bits per heavy atom. The van der Waals surface area contributed by atoms with Crippen LogP contribution in [0.1, 0.15) is 25.7 Å². The molecule has 1 saturated heterocycles. The van der Waals surface area contributed by atoms with Crippen molar-refractivity contribution < 1.29 is 9.53 Å². The van der Waals surface area contributed by atoms with Crippen LogP contribution in [-0.2, 0) is 9.53 Å². The number of unbranched alkanes of at least 4 members (excludes halogenated alkanes) is 1. The fraction of sp³-hybridized carbons (Fsp3) is 0.889. The normalized spacial score (nSPS) is 20.8. The van der Waals surface area contributed by atoms with E-state index in [1.807, 2.05) is 0 Å². The van der Waals surface area contributed by atoms with Gasteiger partial charge in [0.1, 0.15) is 0 Å². The van der Waals surface area contributed by atoms with Gasteiger partial charge in [0, 0.05) is 24.9 Å².